The van der Waals surface area contributed by atoms with Crippen molar-refractivity contribution in [2.75, 3.05) is 18.4 Å². The van der Waals surface area contributed by atoms with E-state index in [1.807, 2.05) is 30.3 Å². The van der Waals surface area contributed by atoms with Gasteiger partial charge in [0.25, 0.3) is 5.91 Å². The van der Waals surface area contributed by atoms with Crippen molar-refractivity contribution < 1.29 is 13.2 Å². The van der Waals surface area contributed by atoms with Gasteiger partial charge in [-0.1, -0.05) is 24.6 Å². The van der Waals surface area contributed by atoms with Crippen molar-refractivity contribution in [2.45, 2.75) is 43.4 Å². The molecule has 0 spiro atoms. The number of hydrogen-bond acceptors (Lipinski definition) is 4. The molecule has 2 aliphatic rings. The minimum atomic E-state index is -3.60. The van der Waals surface area contributed by atoms with E-state index in [2.05, 4.69) is 5.32 Å². The Kier molecular flexibility index (Phi) is 5.38. The Morgan fingerprint density at radius 2 is 1.78 bits per heavy atom. The van der Waals surface area contributed by atoms with Crippen molar-refractivity contribution in [3.05, 3.63) is 59.5 Å². The number of nitrogens with one attached hydrogen (secondary N) is 1. The van der Waals surface area contributed by atoms with Crippen LogP contribution in [0.5, 0.6) is 0 Å². The topological polar surface area (TPSA) is 89.2 Å². The molecule has 0 saturated carbocycles. The minimum absolute atomic E-state index is 0.161. The minimum Gasteiger partial charge on any atom is -0.345 e. The number of nitrogens with zero attached hydrogens (tertiary/aromatic N) is 4. The molecule has 1 aliphatic heterocycles. The first-order valence-electron chi connectivity index (χ1n) is 11.1. The second kappa shape index (κ2) is 8.22. The van der Waals surface area contributed by atoms with Crippen LogP contribution in [0.2, 0.25) is 0 Å². The van der Waals surface area contributed by atoms with Crippen LogP contribution in [-0.4, -0.2) is 46.1 Å². The zero-order chi connectivity index (χ0) is 22.3. The summed E-state index contributed by atoms with van der Waals surface area (Å²) in [7, 11) is -1.91. The van der Waals surface area contributed by atoms with Crippen molar-refractivity contribution in [2.24, 2.45) is 7.05 Å². The van der Waals surface area contributed by atoms with Gasteiger partial charge in [0.1, 0.15) is 16.4 Å². The second-order valence-corrected chi connectivity index (χ2v) is 10.4. The van der Waals surface area contributed by atoms with E-state index in [1.54, 1.807) is 16.3 Å². The molecule has 3 heterocycles. The summed E-state index contributed by atoms with van der Waals surface area (Å²) in [4.78, 5) is 13.4. The second-order valence-electron chi connectivity index (χ2n) is 8.47. The maximum absolute atomic E-state index is 13.3. The number of hydrogen-bond donors (Lipinski definition) is 1. The predicted octanol–water partition coefficient (Wildman–Crippen LogP) is 3.13. The van der Waals surface area contributed by atoms with E-state index >= 15 is 0 Å². The molecule has 3 aromatic rings. The van der Waals surface area contributed by atoms with Crippen LogP contribution >= 0.6 is 0 Å². The monoisotopic (exact) mass is 453 g/mol. The van der Waals surface area contributed by atoms with E-state index in [4.69, 9.17) is 5.10 Å². The molecule has 0 unspecified atom stereocenters. The number of aromatic nitrogens is 3. The van der Waals surface area contributed by atoms with Gasteiger partial charge < -0.3 is 9.88 Å². The molecule has 8 nitrogen and oxygen atoms in total. The average molecular weight is 454 g/mol. The Bertz CT molecular complexity index is 1250. The molecule has 168 valence electrons. The van der Waals surface area contributed by atoms with Crippen LogP contribution in [0.25, 0.3) is 5.69 Å². The summed E-state index contributed by atoms with van der Waals surface area (Å²) in [6, 6.07) is 11.2. The fourth-order valence-corrected chi connectivity index (χ4v) is 6.19. The van der Waals surface area contributed by atoms with Crippen molar-refractivity contribution >= 4 is 21.7 Å². The van der Waals surface area contributed by atoms with E-state index in [9.17, 15) is 13.2 Å². The van der Waals surface area contributed by atoms with E-state index in [0.29, 0.717) is 24.6 Å². The van der Waals surface area contributed by atoms with Gasteiger partial charge in [-0.2, -0.15) is 9.40 Å². The van der Waals surface area contributed by atoms with Gasteiger partial charge in [0.15, 0.2) is 0 Å². The molecule has 1 aliphatic carbocycles. The maximum atomic E-state index is 13.3. The fourth-order valence-electron chi connectivity index (χ4n) is 4.60. The number of benzene rings is 1. The third kappa shape index (κ3) is 3.65. The van der Waals surface area contributed by atoms with Crippen LogP contribution in [0, 0.1) is 0 Å². The normalized spacial score (nSPS) is 16.8. The third-order valence-corrected chi connectivity index (χ3v) is 8.17. The Labute approximate surface area is 187 Å². The van der Waals surface area contributed by atoms with Gasteiger partial charge in [0.2, 0.25) is 10.0 Å². The molecule has 1 N–H and O–H groups in total. The summed E-state index contributed by atoms with van der Waals surface area (Å²) in [5.74, 6) is 0.315. The van der Waals surface area contributed by atoms with E-state index in [1.165, 1.54) is 16.6 Å². The molecule has 1 saturated heterocycles. The van der Waals surface area contributed by atoms with Crippen molar-refractivity contribution in [1.29, 1.82) is 0 Å². The quantitative estimate of drug-likeness (QED) is 0.643. The lowest BCUT2D eigenvalue weighted by molar-refractivity contribution is 0.101. The number of amides is 1. The summed E-state index contributed by atoms with van der Waals surface area (Å²) in [6.07, 6.45) is 7.08. The van der Waals surface area contributed by atoms with Gasteiger partial charge in [0, 0.05) is 31.9 Å². The largest absolute Gasteiger partial charge is 0.345 e. The number of rotatable bonds is 5. The molecule has 0 radical (unpaired) electrons. The lowest BCUT2D eigenvalue weighted by Crippen LogP contribution is -2.35. The van der Waals surface area contributed by atoms with Gasteiger partial charge in [-0.25, -0.2) is 13.1 Å². The highest BCUT2D eigenvalue weighted by Crippen LogP contribution is 2.31. The fraction of sp³-hybridized carbons (Fsp3) is 0.391. The average Bonchev–Trinajstić information content (AvgIpc) is 3.51. The van der Waals surface area contributed by atoms with Gasteiger partial charge >= 0.3 is 0 Å². The molecule has 9 heteroatoms. The van der Waals surface area contributed by atoms with Crippen molar-refractivity contribution in [3.8, 4) is 5.69 Å². The van der Waals surface area contributed by atoms with Crippen LogP contribution < -0.4 is 5.32 Å². The van der Waals surface area contributed by atoms with E-state index in [-0.39, 0.29) is 10.8 Å². The number of aryl methyl sites for hydroxylation is 2. The smallest absolute Gasteiger partial charge is 0.273 e. The molecular weight excluding hydrogens is 426 g/mol. The lowest BCUT2D eigenvalue weighted by Gasteiger charge is -2.25. The number of carbonyl (C=O) groups excluding carboxylic acids is 1. The number of sulfonamides is 1. The summed E-state index contributed by atoms with van der Waals surface area (Å²) in [5.41, 5.74) is 3.23. The molecule has 0 bridgehead atoms. The van der Waals surface area contributed by atoms with Gasteiger partial charge in [-0.3, -0.25) is 4.79 Å². The number of anilines is 1. The Morgan fingerprint density at radius 1 is 1.03 bits per heavy atom. The maximum Gasteiger partial charge on any atom is 0.273 e. The number of carbonyl (C=O) groups is 1. The van der Waals surface area contributed by atoms with E-state index < -0.39 is 10.0 Å². The van der Waals surface area contributed by atoms with Crippen LogP contribution in [0.15, 0.2) is 47.5 Å². The van der Waals surface area contributed by atoms with Crippen molar-refractivity contribution in [1.82, 2.24) is 18.7 Å². The molecule has 1 fully saturated rings. The van der Waals surface area contributed by atoms with Gasteiger partial charge in [0.05, 0.1) is 11.4 Å². The van der Waals surface area contributed by atoms with Crippen LogP contribution in [0.1, 0.15) is 47.4 Å². The SMILES string of the molecule is Cn1cc(S(=O)(=O)N2CCCCC2)cc1C(=O)Nc1c2c(nn1-c1ccccc1)CCC2. The molecule has 1 amide bonds. The van der Waals surface area contributed by atoms with Crippen molar-refractivity contribution in [3.63, 3.8) is 0 Å². The molecule has 32 heavy (non-hydrogen) atoms. The zero-order valence-electron chi connectivity index (χ0n) is 18.1. The first kappa shape index (κ1) is 21.0. The summed E-state index contributed by atoms with van der Waals surface area (Å²) < 4.78 is 31.0. The molecule has 1 aromatic carbocycles. The molecule has 2 aromatic heterocycles. The van der Waals surface area contributed by atoms with E-state index in [0.717, 1.165) is 55.5 Å². The molecule has 0 atom stereocenters. The van der Waals surface area contributed by atoms with Gasteiger partial charge in [-0.05, 0) is 50.3 Å². The highest BCUT2D eigenvalue weighted by molar-refractivity contribution is 7.89. The number of para-hydroxylation sites is 1. The first-order chi connectivity index (χ1) is 15.4. The van der Waals surface area contributed by atoms with Crippen LogP contribution in [-0.2, 0) is 29.9 Å². The third-order valence-electron chi connectivity index (χ3n) is 6.31. The number of piperidine rings is 1. The van der Waals surface area contributed by atoms with Gasteiger partial charge in [-0.15, -0.1) is 0 Å². The molecular formula is C23H27N5O3S. The highest BCUT2D eigenvalue weighted by Gasteiger charge is 2.30. The molecule has 5 rings (SSSR count). The first-order valence-corrected chi connectivity index (χ1v) is 12.5. The standard InChI is InChI=1S/C23H27N5O3S/c1-26-16-18(32(30,31)27-13-6-3-7-14-27)15-21(26)23(29)24-22-19-11-8-12-20(19)25-28(22)17-9-4-2-5-10-17/h2,4-5,9-10,15-16H,3,6-8,11-14H2,1H3,(H,24,29). The Morgan fingerprint density at radius 3 is 2.53 bits per heavy atom. The highest BCUT2D eigenvalue weighted by atomic mass is 32.2. The van der Waals surface area contributed by atoms with Crippen LogP contribution in [0.3, 0.4) is 0 Å². The summed E-state index contributed by atoms with van der Waals surface area (Å²) >= 11 is 0. The number of fused-ring (bicyclic) bond motifs is 1. The Balaban J connectivity index is 1.46. The Hall–Kier alpha value is -2.91. The predicted molar refractivity (Wildman–Crippen MR) is 122 cm³/mol. The summed E-state index contributed by atoms with van der Waals surface area (Å²) in [5, 5.41) is 7.75. The van der Waals surface area contributed by atoms with Crippen LogP contribution in [0.4, 0.5) is 5.82 Å². The zero-order valence-corrected chi connectivity index (χ0v) is 18.9. The lowest BCUT2D eigenvalue weighted by atomic mass is 10.2. The summed E-state index contributed by atoms with van der Waals surface area (Å²) in [6.45, 7) is 1.06.